The van der Waals surface area contributed by atoms with Crippen molar-refractivity contribution >= 4 is 23.5 Å². The van der Waals surface area contributed by atoms with Crippen molar-refractivity contribution in [3.8, 4) is 0 Å². The van der Waals surface area contributed by atoms with E-state index in [-0.39, 0.29) is 18.3 Å². The van der Waals surface area contributed by atoms with Gasteiger partial charge >= 0.3 is 7.12 Å². The van der Waals surface area contributed by atoms with Gasteiger partial charge in [-0.05, 0) is 78.1 Å². The molecule has 0 radical (unpaired) electrons. The molecule has 140 valence electrons. The zero-order valence-electron chi connectivity index (χ0n) is 16.5. The highest BCUT2D eigenvalue weighted by Gasteiger charge is 2.52. The molecule has 1 aromatic carbocycles. The first kappa shape index (κ1) is 18.0. The van der Waals surface area contributed by atoms with Crippen LogP contribution in [0.2, 0.25) is 0 Å². The number of fused-ring (bicyclic) bond motifs is 1. The number of hydrogen-bond acceptors (Lipinski definition) is 4. The smallest absolute Gasteiger partial charge is 0.399 e. The number of rotatable bonds is 5. The van der Waals surface area contributed by atoms with Crippen LogP contribution in [-0.2, 0) is 15.9 Å². The lowest BCUT2D eigenvalue weighted by atomic mass is 9.77. The Kier molecular flexibility index (Phi) is 4.62. The van der Waals surface area contributed by atoms with E-state index < -0.39 is 0 Å². The Labute approximate surface area is 156 Å². The summed E-state index contributed by atoms with van der Waals surface area (Å²) in [5.41, 5.74) is 1.59. The monoisotopic (exact) mass is 355 g/mol. The minimum absolute atomic E-state index is 0.328. The Morgan fingerprint density at radius 2 is 1.73 bits per heavy atom. The van der Waals surface area contributed by atoms with E-state index in [9.17, 15) is 0 Å². The van der Waals surface area contributed by atoms with Crippen molar-refractivity contribution in [2.45, 2.75) is 64.7 Å². The summed E-state index contributed by atoms with van der Waals surface area (Å²) in [6, 6.07) is 6.33. The fraction of sp³-hybridized carbons (Fsp3) is 0.650. The molecular formula is C20H30BN3O2. The van der Waals surface area contributed by atoms with Crippen LogP contribution >= 0.6 is 0 Å². The van der Waals surface area contributed by atoms with Gasteiger partial charge in [0.15, 0.2) is 0 Å². The normalized spacial score (nSPS) is 22.5. The molecule has 0 aliphatic carbocycles. The minimum atomic E-state index is -0.342. The van der Waals surface area contributed by atoms with Gasteiger partial charge in [-0.2, -0.15) is 5.10 Å². The number of nitrogens with zero attached hydrogens (tertiary/aromatic N) is 3. The zero-order valence-corrected chi connectivity index (χ0v) is 16.5. The number of benzene rings is 1. The second-order valence-electron chi connectivity index (χ2n) is 8.64. The van der Waals surface area contributed by atoms with Gasteiger partial charge < -0.3 is 14.2 Å². The fourth-order valence-electron chi connectivity index (χ4n) is 3.93. The van der Waals surface area contributed by atoms with Crippen LogP contribution in [0.3, 0.4) is 0 Å². The van der Waals surface area contributed by atoms with Crippen molar-refractivity contribution in [1.29, 1.82) is 0 Å². The molecule has 2 aromatic rings. The SMILES string of the molecule is CC1(C)OB(c2cccc3c2cnn3CCCN2CCCC2)OC1(C)C. The van der Waals surface area contributed by atoms with Gasteiger partial charge in [0.25, 0.3) is 0 Å². The first-order valence-corrected chi connectivity index (χ1v) is 9.90. The maximum Gasteiger partial charge on any atom is 0.495 e. The van der Waals surface area contributed by atoms with E-state index in [1.165, 1.54) is 31.4 Å². The molecule has 2 fully saturated rings. The van der Waals surface area contributed by atoms with Crippen molar-refractivity contribution in [3.05, 3.63) is 24.4 Å². The van der Waals surface area contributed by atoms with E-state index in [4.69, 9.17) is 9.31 Å². The molecule has 0 N–H and O–H groups in total. The minimum Gasteiger partial charge on any atom is -0.399 e. The van der Waals surface area contributed by atoms with E-state index in [1.54, 1.807) is 0 Å². The van der Waals surface area contributed by atoms with Crippen LogP contribution in [0.5, 0.6) is 0 Å². The fourth-order valence-corrected chi connectivity index (χ4v) is 3.93. The Morgan fingerprint density at radius 1 is 1.04 bits per heavy atom. The van der Waals surface area contributed by atoms with Crippen LogP contribution < -0.4 is 5.46 Å². The van der Waals surface area contributed by atoms with Gasteiger partial charge in [0.1, 0.15) is 0 Å². The Bertz CT molecular complexity index is 764. The van der Waals surface area contributed by atoms with Crippen LogP contribution in [0.25, 0.3) is 10.9 Å². The molecule has 1 aromatic heterocycles. The Balaban J connectivity index is 1.52. The third-order valence-electron chi connectivity index (χ3n) is 6.27. The van der Waals surface area contributed by atoms with Crippen LogP contribution in [0, 0.1) is 0 Å². The summed E-state index contributed by atoms with van der Waals surface area (Å²) in [5, 5.41) is 5.78. The summed E-state index contributed by atoms with van der Waals surface area (Å²) in [5.74, 6) is 0. The average Bonchev–Trinajstić information content (AvgIpc) is 3.27. The molecule has 0 spiro atoms. The van der Waals surface area contributed by atoms with Crippen molar-refractivity contribution in [2.24, 2.45) is 0 Å². The lowest BCUT2D eigenvalue weighted by Gasteiger charge is -2.32. The highest BCUT2D eigenvalue weighted by Crippen LogP contribution is 2.37. The van der Waals surface area contributed by atoms with E-state index in [2.05, 4.69) is 60.6 Å². The maximum absolute atomic E-state index is 6.25. The van der Waals surface area contributed by atoms with Crippen LogP contribution in [0.4, 0.5) is 0 Å². The molecule has 2 saturated heterocycles. The number of aryl methyl sites for hydroxylation is 1. The Morgan fingerprint density at radius 3 is 2.42 bits per heavy atom. The third-order valence-corrected chi connectivity index (χ3v) is 6.27. The van der Waals surface area contributed by atoms with E-state index in [1.807, 2.05) is 6.20 Å². The molecular weight excluding hydrogens is 325 g/mol. The first-order valence-electron chi connectivity index (χ1n) is 9.90. The van der Waals surface area contributed by atoms with Gasteiger partial charge in [0, 0.05) is 11.9 Å². The molecule has 2 aliphatic rings. The van der Waals surface area contributed by atoms with Gasteiger partial charge in [-0.3, -0.25) is 4.68 Å². The predicted octanol–water partition coefficient (Wildman–Crippen LogP) is 2.82. The van der Waals surface area contributed by atoms with Crippen molar-refractivity contribution in [3.63, 3.8) is 0 Å². The number of aromatic nitrogens is 2. The highest BCUT2D eigenvalue weighted by atomic mass is 16.7. The maximum atomic E-state index is 6.25. The summed E-state index contributed by atoms with van der Waals surface area (Å²) in [7, 11) is -0.342. The lowest BCUT2D eigenvalue weighted by molar-refractivity contribution is 0.00578. The number of likely N-dealkylation sites (tertiary alicyclic amines) is 1. The van der Waals surface area contributed by atoms with E-state index in [0.717, 1.165) is 30.4 Å². The summed E-state index contributed by atoms with van der Waals surface area (Å²) in [6.07, 6.45) is 5.80. The quantitative estimate of drug-likeness (QED) is 0.774. The molecule has 2 aliphatic heterocycles. The van der Waals surface area contributed by atoms with E-state index in [0.29, 0.717) is 0 Å². The molecule has 26 heavy (non-hydrogen) atoms. The van der Waals surface area contributed by atoms with Crippen LogP contribution in [0.15, 0.2) is 24.4 Å². The second kappa shape index (κ2) is 6.66. The summed E-state index contributed by atoms with van der Waals surface area (Å²) < 4.78 is 14.6. The second-order valence-corrected chi connectivity index (χ2v) is 8.64. The molecule has 0 amide bonds. The molecule has 0 saturated carbocycles. The average molecular weight is 355 g/mol. The number of hydrogen-bond donors (Lipinski definition) is 0. The predicted molar refractivity (Wildman–Crippen MR) is 106 cm³/mol. The zero-order chi connectivity index (χ0) is 18.4. The summed E-state index contributed by atoms with van der Waals surface area (Å²) in [6.45, 7) is 13.0. The van der Waals surface area contributed by atoms with Crippen LogP contribution in [-0.4, -0.2) is 52.6 Å². The summed E-state index contributed by atoms with van der Waals surface area (Å²) in [4.78, 5) is 2.56. The molecule has 6 heteroatoms. The van der Waals surface area contributed by atoms with Crippen molar-refractivity contribution < 1.29 is 9.31 Å². The van der Waals surface area contributed by atoms with Gasteiger partial charge in [-0.15, -0.1) is 0 Å². The molecule has 5 nitrogen and oxygen atoms in total. The molecule has 0 bridgehead atoms. The van der Waals surface area contributed by atoms with E-state index >= 15 is 0 Å². The molecule has 0 atom stereocenters. The lowest BCUT2D eigenvalue weighted by Crippen LogP contribution is -2.41. The molecule has 4 rings (SSSR count). The molecule has 0 unspecified atom stereocenters. The van der Waals surface area contributed by atoms with Crippen LogP contribution in [0.1, 0.15) is 47.0 Å². The standard InChI is InChI=1S/C20H30BN3O2/c1-19(2)20(3,4)26-21(25-19)17-9-7-10-18-16(17)15-22-24(18)14-8-13-23-11-5-6-12-23/h7,9-10,15H,5-6,8,11-14H2,1-4H3. The summed E-state index contributed by atoms with van der Waals surface area (Å²) >= 11 is 0. The topological polar surface area (TPSA) is 39.5 Å². The largest absolute Gasteiger partial charge is 0.495 e. The van der Waals surface area contributed by atoms with Gasteiger partial charge in [0.05, 0.1) is 22.9 Å². The highest BCUT2D eigenvalue weighted by molar-refractivity contribution is 6.65. The molecule has 3 heterocycles. The van der Waals surface area contributed by atoms with Crippen molar-refractivity contribution in [2.75, 3.05) is 19.6 Å². The third kappa shape index (κ3) is 3.19. The van der Waals surface area contributed by atoms with Gasteiger partial charge in [-0.1, -0.05) is 12.1 Å². The van der Waals surface area contributed by atoms with Gasteiger partial charge in [0.2, 0.25) is 0 Å². The van der Waals surface area contributed by atoms with Gasteiger partial charge in [-0.25, -0.2) is 0 Å². The van der Waals surface area contributed by atoms with Crippen molar-refractivity contribution in [1.82, 2.24) is 14.7 Å². The Hall–Kier alpha value is -1.37. The first-order chi connectivity index (χ1) is 12.4.